The van der Waals surface area contributed by atoms with Gasteiger partial charge < -0.3 is 10.6 Å². The van der Waals surface area contributed by atoms with Crippen molar-refractivity contribution in [2.45, 2.75) is 24.7 Å². The fourth-order valence-electron chi connectivity index (χ4n) is 2.27. The van der Waals surface area contributed by atoms with Crippen LogP contribution in [0, 0.1) is 6.92 Å². The van der Waals surface area contributed by atoms with Crippen LogP contribution in [-0.4, -0.2) is 27.4 Å². The van der Waals surface area contributed by atoms with Gasteiger partial charge in [-0.05, 0) is 43.2 Å². The molecule has 0 aliphatic carbocycles. The number of carbonyl (C=O) groups is 1. The molecule has 25 heavy (non-hydrogen) atoms. The van der Waals surface area contributed by atoms with Crippen molar-refractivity contribution in [3.05, 3.63) is 59.7 Å². The Hall–Kier alpha value is -2.38. The molecule has 7 heteroatoms. The van der Waals surface area contributed by atoms with E-state index in [0.29, 0.717) is 25.9 Å². The highest BCUT2D eigenvalue weighted by molar-refractivity contribution is 7.89. The van der Waals surface area contributed by atoms with Crippen molar-refractivity contribution < 1.29 is 13.2 Å². The normalized spacial score (nSPS) is 11.1. The van der Waals surface area contributed by atoms with Gasteiger partial charge in [-0.25, -0.2) is 13.6 Å². The van der Waals surface area contributed by atoms with Crippen molar-refractivity contribution in [3.8, 4) is 0 Å². The van der Waals surface area contributed by atoms with E-state index in [2.05, 4.69) is 10.6 Å². The molecule has 0 fully saturated rings. The predicted molar refractivity (Wildman–Crippen MR) is 98.8 cm³/mol. The molecular weight excluding hydrogens is 338 g/mol. The number of sulfonamides is 1. The third-order valence-corrected chi connectivity index (χ3v) is 4.65. The first kappa shape index (κ1) is 19.0. The summed E-state index contributed by atoms with van der Waals surface area (Å²) in [6.07, 6.45) is 1.01. The van der Waals surface area contributed by atoms with Crippen LogP contribution in [0.5, 0.6) is 0 Å². The van der Waals surface area contributed by atoms with E-state index in [1.807, 2.05) is 31.2 Å². The molecule has 0 atom stereocenters. The number of anilines is 1. The fourth-order valence-corrected chi connectivity index (χ4v) is 2.79. The average Bonchev–Trinajstić information content (AvgIpc) is 2.56. The first-order chi connectivity index (χ1) is 11.8. The molecule has 0 spiro atoms. The second-order valence-corrected chi connectivity index (χ2v) is 7.39. The number of hydrogen-bond donors (Lipinski definition) is 3. The molecule has 0 aliphatic heterocycles. The highest BCUT2D eigenvalue weighted by atomic mass is 32.2. The average molecular weight is 361 g/mol. The molecule has 0 aromatic heterocycles. The molecule has 1 amide bonds. The minimum atomic E-state index is -3.67. The van der Waals surface area contributed by atoms with Crippen molar-refractivity contribution in [2.24, 2.45) is 5.14 Å². The maximum Gasteiger partial charge on any atom is 0.238 e. The summed E-state index contributed by atoms with van der Waals surface area (Å²) in [7, 11) is -3.67. The molecule has 0 radical (unpaired) electrons. The van der Waals surface area contributed by atoms with Gasteiger partial charge in [-0.1, -0.05) is 29.8 Å². The lowest BCUT2D eigenvalue weighted by Crippen LogP contribution is -2.27. The van der Waals surface area contributed by atoms with Crippen LogP contribution < -0.4 is 15.8 Å². The molecular formula is C18H23N3O3S. The Morgan fingerprint density at radius 2 is 1.64 bits per heavy atom. The molecule has 0 saturated carbocycles. The second kappa shape index (κ2) is 8.64. The molecule has 0 aliphatic rings. The monoisotopic (exact) mass is 361 g/mol. The molecule has 4 N–H and O–H groups in total. The summed E-state index contributed by atoms with van der Waals surface area (Å²) >= 11 is 0. The lowest BCUT2D eigenvalue weighted by Gasteiger charge is -2.08. The van der Waals surface area contributed by atoms with Gasteiger partial charge in [0.2, 0.25) is 15.9 Å². The van der Waals surface area contributed by atoms with E-state index in [4.69, 9.17) is 5.14 Å². The van der Waals surface area contributed by atoms with Gasteiger partial charge in [0.05, 0.1) is 4.90 Å². The predicted octanol–water partition coefficient (Wildman–Crippen LogP) is 1.80. The van der Waals surface area contributed by atoms with Crippen molar-refractivity contribution in [2.75, 3.05) is 18.4 Å². The maximum atomic E-state index is 11.8. The number of primary sulfonamides is 1. The summed E-state index contributed by atoms with van der Waals surface area (Å²) in [5.74, 6) is -0.0271. The zero-order chi connectivity index (χ0) is 18.3. The molecule has 0 unspecified atom stereocenters. The highest BCUT2D eigenvalue weighted by Crippen LogP contribution is 2.09. The summed E-state index contributed by atoms with van der Waals surface area (Å²) in [5, 5.41) is 11.1. The smallest absolute Gasteiger partial charge is 0.238 e. The molecule has 0 bridgehead atoms. The minimum absolute atomic E-state index is 0.0271. The number of aryl methyl sites for hydroxylation is 1. The van der Waals surface area contributed by atoms with Gasteiger partial charge in [-0.3, -0.25) is 4.79 Å². The number of rotatable bonds is 8. The Morgan fingerprint density at radius 3 is 2.24 bits per heavy atom. The standard InChI is InChI=1S/C18H23N3O3S/c1-14-2-6-16(7-3-14)20-13-11-18(22)21-12-10-15-4-8-17(9-5-15)25(19,23)24/h2-9,20H,10-13H2,1H3,(H,21,22)(H2,19,23,24). The van der Waals surface area contributed by atoms with Gasteiger partial charge in [0.1, 0.15) is 0 Å². The van der Waals surface area contributed by atoms with Crippen molar-refractivity contribution in [3.63, 3.8) is 0 Å². The summed E-state index contributed by atoms with van der Waals surface area (Å²) < 4.78 is 22.4. The van der Waals surface area contributed by atoms with E-state index in [-0.39, 0.29) is 10.8 Å². The zero-order valence-electron chi connectivity index (χ0n) is 14.2. The largest absolute Gasteiger partial charge is 0.385 e. The highest BCUT2D eigenvalue weighted by Gasteiger charge is 2.07. The quantitative estimate of drug-likeness (QED) is 0.667. The fraction of sp³-hybridized carbons (Fsp3) is 0.278. The van der Waals surface area contributed by atoms with E-state index in [0.717, 1.165) is 11.3 Å². The molecule has 0 saturated heterocycles. The number of benzene rings is 2. The summed E-state index contributed by atoms with van der Waals surface area (Å²) in [4.78, 5) is 11.9. The molecule has 2 rings (SSSR count). The lowest BCUT2D eigenvalue weighted by molar-refractivity contribution is -0.120. The Kier molecular flexibility index (Phi) is 6.55. The van der Waals surface area contributed by atoms with E-state index in [9.17, 15) is 13.2 Å². The number of hydrogen-bond acceptors (Lipinski definition) is 4. The van der Waals surface area contributed by atoms with E-state index in [1.54, 1.807) is 12.1 Å². The molecule has 0 heterocycles. The van der Waals surface area contributed by atoms with Gasteiger partial charge >= 0.3 is 0 Å². The Balaban J connectivity index is 1.67. The first-order valence-corrected chi connectivity index (χ1v) is 9.58. The van der Waals surface area contributed by atoms with E-state index in [1.165, 1.54) is 17.7 Å². The third-order valence-electron chi connectivity index (χ3n) is 3.72. The van der Waals surface area contributed by atoms with Crippen LogP contribution in [0.1, 0.15) is 17.5 Å². The Bertz CT molecular complexity index is 800. The van der Waals surface area contributed by atoms with Crippen LogP contribution in [-0.2, 0) is 21.2 Å². The van der Waals surface area contributed by atoms with Crippen molar-refractivity contribution in [1.29, 1.82) is 0 Å². The number of carbonyl (C=O) groups excluding carboxylic acids is 1. The van der Waals surface area contributed by atoms with Crippen LogP contribution in [0.3, 0.4) is 0 Å². The summed E-state index contributed by atoms with van der Waals surface area (Å²) in [6.45, 7) is 3.09. The molecule has 134 valence electrons. The van der Waals surface area contributed by atoms with Crippen LogP contribution in [0.25, 0.3) is 0 Å². The zero-order valence-corrected chi connectivity index (χ0v) is 15.0. The number of nitrogens with two attached hydrogens (primary N) is 1. The maximum absolute atomic E-state index is 11.8. The van der Waals surface area contributed by atoms with Gasteiger partial charge in [0, 0.05) is 25.2 Å². The minimum Gasteiger partial charge on any atom is -0.385 e. The van der Waals surface area contributed by atoms with Crippen molar-refractivity contribution in [1.82, 2.24) is 5.32 Å². The van der Waals surface area contributed by atoms with Gasteiger partial charge in [0.25, 0.3) is 0 Å². The number of nitrogens with one attached hydrogen (secondary N) is 2. The topological polar surface area (TPSA) is 101 Å². The summed E-state index contributed by atoms with van der Waals surface area (Å²) in [5.41, 5.74) is 3.12. The molecule has 6 nitrogen and oxygen atoms in total. The van der Waals surface area contributed by atoms with E-state index < -0.39 is 10.0 Å². The van der Waals surface area contributed by atoms with Crippen LogP contribution >= 0.6 is 0 Å². The van der Waals surface area contributed by atoms with Crippen molar-refractivity contribution >= 4 is 21.6 Å². The molecule has 2 aromatic carbocycles. The van der Waals surface area contributed by atoms with Crippen LogP contribution in [0.4, 0.5) is 5.69 Å². The summed E-state index contributed by atoms with van der Waals surface area (Å²) in [6, 6.07) is 14.3. The molecule has 2 aromatic rings. The second-order valence-electron chi connectivity index (χ2n) is 5.83. The Labute approximate surface area is 148 Å². The van der Waals surface area contributed by atoms with Gasteiger partial charge in [-0.2, -0.15) is 0 Å². The van der Waals surface area contributed by atoms with Crippen LogP contribution in [0.15, 0.2) is 53.4 Å². The number of amides is 1. The lowest BCUT2D eigenvalue weighted by atomic mass is 10.1. The van der Waals surface area contributed by atoms with E-state index >= 15 is 0 Å². The Morgan fingerprint density at radius 1 is 1.00 bits per heavy atom. The van der Waals surface area contributed by atoms with Gasteiger partial charge in [0.15, 0.2) is 0 Å². The first-order valence-electron chi connectivity index (χ1n) is 8.03. The van der Waals surface area contributed by atoms with Gasteiger partial charge in [-0.15, -0.1) is 0 Å². The SMILES string of the molecule is Cc1ccc(NCCC(=O)NCCc2ccc(S(N)(=O)=O)cc2)cc1. The third kappa shape index (κ3) is 6.56. The van der Waals surface area contributed by atoms with Crippen LogP contribution in [0.2, 0.25) is 0 Å².